The maximum absolute atomic E-state index is 11.2. The van der Waals surface area contributed by atoms with Crippen molar-refractivity contribution in [2.45, 2.75) is 6.42 Å². The molecule has 0 fully saturated rings. The summed E-state index contributed by atoms with van der Waals surface area (Å²) >= 11 is 0. The summed E-state index contributed by atoms with van der Waals surface area (Å²) in [6, 6.07) is 14.2. The Hall–Kier alpha value is -1.67. The number of carbonyl (C=O) groups excluding carboxylic acids is 1. The summed E-state index contributed by atoms with van der Waals surface area (Å²) in [5.74, 6) is 0.0743. The van der Waals surface area contributed by atoms with E-state index in [1.807, 2.05) is 36.4 Å². The quantitative estimate of drug-likeness (QED) is 0.820. The molecule has 0 amide bonds. The highest BCUT2D eigenvalue weighted by atomic mass is 16.1. The van der Waals surface area contributed by atoms with Crippen molar-refractivity contribution in [3.05, 3.63) is 48.0 Å². The van der Waals surface area contributed by atoms with Crippen LogP contribution in [0.25, 0.3) is 10.8 Å². The van der Waals surface area contributed by atoms with Gasteiger partial charge in [-0.25, -0.2) is 0 Å². The number of Topliss-reactive ketones (excluding diaryl/α,β-unsaturated/α-hetero) is 1. The second kappa shape index (κ2) is 4.24. The molecule has 2 nitrogen and oxygen atoms in total. The van der Waals surface area contributed by atoms with Gasteiger partial charge in [-0.05, 0) is 16.3 Å². The minimum Gasteiger partial charge on any atom is -0.324 e. The predicted octanol–water partition coefficient (Wildman–Crippen LogP) is 1.91. The molecule has 0 heterocycles. The molecule has 0 aliphatic rings. The first kappa shape index (κ1) is 9.87. The molecule has 0 bridgehead atoms. The van der Waals surface area contributed by atoms with Gasteiger partial charge < -0.3 is 5.73 Å². The van der Waals surface area contributed by atoms with Gasteiger partial charge in [-0.2, -0.15) is 0 Å². The minimum atomic E-state index is 0.0743. The molecule has 0 spiro atoms. The van der Waals surface area contributed by atoms with Crippen LogP contribution in [0.5, 0.6) is 0 Å². The zero-order valence-electron chi connectivity index (χ0n) is 8.44. The summed E-state index contributed by atoms with van der Waals surface area (Å²) in [5, 5.41) is 2.36. The van der Waals surface area contributed by atoms with Crippen LogP contribution in [-0.2, 0) is 11.2 Å². The Bertz CT molecular complexity index is 491. The van der Waals surface area contributed by atoms with Crippen molar-refractivity contribution in [1.82, 2.24) is 0 Å². The maximum Gasteiger partial charge on any atom is 0.150 e. The average Bonchev–Trinajstić information content (AvgIpc) is 2.29. The number of nitrogens with two attached hydrogens (primary N) is 1. The summed E-state index contributed by atoms with van der Waals surface area (Å²) < 4.78 is 0. The first-order valence-electron chi connectivity index (χ1n) is 4.99. The summed E-state index contributed by atoms with van der Waals surface area (Å²) in [6.07, 6.45) is 0.432. The molecule has 2 N–H and O–H groups in total. The van der Waals surface area contributed by atoms with Crippen molar-refractivity contribution >= 4 is 16.6 Å². The monoisotopic (exact) mass is 199 g/mol. The molecule has 2 aromatic carbocycles. The highest BCUT2D eigenvalue weighted by molar-refractivity contribution is 5.86. The van der Waals surface area contributed by atoms with Crippen LogP contribution in [0.4, 0.5) is 0 Å². The van der Waals surface area contributed by atoms with E-state index in [0.29, 0.717) is 6.42 Å². The van der Waals surface area contributed by atoms with E-state index in [9.17, 15) is 4.79 Å². The molecule has 15 heavy (non-hydrogen) atoms. The van der Waals surface area contributed by atoms with Gasteiger partial charge in [0.15, 0.2) is 5.78 Å². The normalized spacial score (nSPS) is 10.5. The van der Waals surface area contributed by atoms with Gasteiger partial charge in [0, 0.05) is 6.42 Å². The number of benzene rings is 2. The summed E-state index contributed by atoms with van der Waals surface area (Å²) in [7, 11) is 0. The van der Waals surface area contributed by atoms with Crippen LogP contribution in [0.2, 0.25) is 0 Å². The Balaban J connectivity index is 2.34. The Labute approximate surface area is 88.7 Å². The largest absolute Gasteiger partial charge is 0.324 e. The lowest BCUT2D eigenvalue weighted by Crippen LogP contribution is -2.15. The second-order valence-electron chi connectivity index (χ2n) is 3.60. The molecule has 2 heteroatoms. The van der Waals surface area contributed by atoms with Gasteiger partial charge in [-0.3, -0.25) is 4.79 Å². The Morgan fingerprint density at radius 2 is 1.80 bits per heavy atom. The van der Waals surface area contributed by atoms with Crippen molar-refractivity contribution in [3.8, 4) is 0 Å². The lowest BCUT2D eigenvalue weighted by Gasteiger charge is -2.02. The molecule has 2 aromatic rings. The van der Waals surface area contributed by atoms with E-state index in [2.05, 4.69) is 6.07 Å². The van der Waals surface area contributed by atoms with Crippen molar-refractivity contribution in [2.75, 3.05) is 6.54 Å². The van der Waals surface area contributed by atoms with Gasteiger partial charge in [0.05, 0.1) is 6.54 Å². The van der Waals surface area contributed by atoms with Crippen LogP contribution in [0.3, 0.4) is 0 Å². The molecule has 0 saturated carbocycles. The number of ketones is 1. The van der Waals surface area contributed by atoms with Crippen molar-refractivity contribution in [3.63, 3.8) is 0 Å². The van der Waals surface area contributed by atoms with Crippen LogP contribution in [0.1, 0.15) is 5.56 Å². The van der Waals surface area contributed by atoms with Gasteiger partial charge in [0.2, 0.25) is 0 Å². The molecule has 0 aliphatic heterocycles. The van der Waals surface area contributed by atoms with Gasteiger partial charge in [0.1, 0.15) is 0 Å². The average molecular weight is 199 g/mol. The van der Waals surface area contributed by atoms with Crippen LogP contribution in [0, 0.1) is 0 Å². The number of fused-ring (bicyclic) bond motifs is 1. The van der Waals surface area contributed by atoms with E-state index >= 15 is 0 Å². The van der Waals surface area contributed by atoms with E-state index in [1.54, 1.807) is 0 Å². The number of hydrogen-bond acceptors (Lipinski definition) is 2. The molecule has 0 aliphatic carbocycles. The maximum atomic E-state index is 11.2. The molecule has 0 unspecified atom stereocenters. The molecule has 0 aromatic heterocycles. The lowest BCUT2D eigenvalue weighted by molar-refractivity contribution is -0.117. The fourth-order valence-corrected chi connectivity index (χ4v) is 1.65. The lowest BCUT2D eigenvalue weighted by atomic mass is 10.0. The highest BCUT2D eigenvalue weighted by Gasteiger charge is 2.01. The third kappa shape index (κ3) is 2.22. The Morgan fingerprint density at radius 1 is 1.07 bits per heavy atom. The highest BCUT2D eigenvalue weighted by Crippen LogP contribution is 2.15. The van der Waals surface area contributed by atoms with Crippen molar-refractivity contribution in [1.29, 1.82) is 0 Å². The van der Waals surface area contributed by atoms with E-state index in [4.69, 9.17) is 5.73 Å². The molecule has 0 radical (unpaired) electrons. The third-order valence-electron chi connectivity index (χ3n) is 2.44. The van der Waals surface area contributed by atoms with E-state index in [0.717, 1.165) is 5.56 Å². The Morgan fingerprint density at radius 3 is 2.53 bits per heavy atom. The zero-order chi connectivity index (χ0) is 10.7. The molecule has 2 rings (SSSR count). The molecular formula is C13H13NO. The standard InChI is InChI=1S/C13H13NO/c14-9-13(15)8-10-5-6-11-3-1-2-4-12(11)7-10/h1-7H,8-9,14H2. The third-order valence-corrected chi connectivity index (χ3v) is 2.44. The van der Waals surface area contributed by atoms with Gasteiger partial charge in [-0.15, -0.1) is 0 Å². The fourth-order valence-electron chi connectivity index (χ4n) is 1.65. The molecule has 76 valence electrons. The van der Waals surface area contributed by atoms with Crippen LogP contribution in [-0.4, -0.2) is 12.3 Å². The number of rotatable bonds is 3. The zero-order valence-corrected chi connectivity index (χ0v) is 8.44. The number of hydrogen-bond donors (Lipinski definition) is 1. The fraction of sp³-hybridized carbons (Fsp3) is 0.154. The van der Waals surface area contributed by atoms with Gasteiger partial charge in [-0.1, -0.05) is 42.5 Å². The SMILES string of the molecule is NCC(=O)Cc1ccc2ccccc2c1. The van der Waals surface area contributed by atoms with E-state index < -0.39 is 0 Å². The Kier molecular flexibility index (Phi) is 2.79. The van der Waals surface area contributed by atoms with Gasteiger partial charge in [0.25, 0.3) is 0 Å². The predicted molar refractivity (Wildman–Crippen MR) is 61.7 cm³/mol. The van der Waals surface area contributed by atoms with E-state index in [1.165, 1.54) is 10.8 Å². The molecular weight excluding hydrogens is 186 g/mol. The number of carbonyl (C=O) groups is 1. The first-order valence-corrected chi connectivity index (χ1v) is 4.99. The van der Waals surface area contributed by atoms with Crippen molar-refractivity contribution < 1.29 is 4.79 Å². The minimum absolute atomic E-state index is 0.0743. The smallest absolute Gasteiger partial charge is 0.150 e. The molecule has 0 atom stereocenters. The first-order chi connectivity index (χ1) is 7.29. The van der Waals surface area contributed by atoms with E-state index in [-0.39, 0.29) is 12.3 Å². The summed E-state index contributed by atoms with van der Waals surface area (Å²) in [6.45, 7) is 0.118. The van der Waals surface area contributed by atoms with Crippen LogP contribution < -0.4 is 5.73 Å². The summed E-state index contributed by atoms with van der Waals surface area (Å²) in [5.41, 5.74) is 6.31. The molecule has 0 saturated heterocycles. The van der Waals surface area contributed by atoms with Gasteiger partial charge >= 0.3 is 0 Å². The van der Waals surface area contributed by atoms with Crippen molar-refractivity contribution in [2.24, 2.45) is 5.73 Å². The van der Waals surface area contributed by atoms with Crippen LogP contribution >= 0.6 is 0 Å². The second-order valence-corrected chi connectivity index (χ2v) is 3.60. The van der Waals surface area contributed by atoms with Crippen LogP contribution in [0.15, 0.2) is 42.5 Å². The topological polar surface area (TPSA) is 43.1 Å². The summed E-state index contributed by atoms with van der Waals surface area (Å²) in [4.78, 5) is 11.2.